The SMILES string of the molecule is COC(=O)[C@H](N)c1cc([N+](=O)[O-])ccc1Cl.Cl. The quantitative estimate of drug-likeness (QED) is 0.518. The molecule has 0 fully saturated rings. The molecule has 0 aliphatic rings. The van der Waals surface area contributed by atoms with E-state index in [1.165, 1.54) is 19.2 Å². The standard InChI is InChI=1S/C9H9ClN2O4.ClH/c1-16-9(13)8(11)6-4-5(12(14)15)2-3-7(6)10;/h2-4,8H,11H2,1H3;1H/t8-;/m1./s1. The van der Waals surface area contributed by atoms with Crippen LogP contribution in [0.1, 0.15) is 11.6 Å². The van der Waals surface area contributed by atoms with Crippen molar-refractivity contribution in [1.82, 2.24) is 0 Å². The van der Waals surface area contributed by atoms with Gasteiger partial charge in [-0.25, -0.2) is 0 Å². The number of nitro groups is 1. The molecule has 1 rings (SSSR count). The number of ether oxygens (including phenoxy) is 1. The Morgan fingerprint density at radius 2 is 2.18 bits per heavy atom. The van der Waals surface area contributed by atoms with Crippen LogP contribution in [0, 0.1) is 10.1 Å². The number of nitro benzene ring substituents is 1. The molecule has 2 N–H and O–H groups in total. The van der Waals surface area contributed by atoms with Crippen LogP contribution in [0.25, 0.3) is 0 Å². The van der Waals surface area contributed by atoms with Gasteiger partial charge in [0, 0.05) is 22.7 Å². The van der Waals surface area contributed by atoms with E-state index in [4.69, 9.17) is 17.3 Å². The normalized spacial score (nSPS) is 11.2. The number of rotatable bonds is 3. The van der Waals surface area contributed by atoms with Gasteiger partial charge in [0.1, 0.15) is 6.04 Å². The second-order valence-electron chi connectivity index (χ2n) is 2.96. The lowest BCUT2D eigenvalue weighted by atomic mass is 10.1. The van der Waals surface area contributed by atoms with Gasteiger partial charge in [-0.2, -0.15) is 0 Å². The largest absolute Gasteiger partial charge is 0.468 e. The molecule has 1 aromatic rings. The molecule has 0 spiro atoms. The van der Waals surface area contributed by atoms with E-state index in [9.17, 15) is 14.9 Å². The molecule has 0 heterocycles. The van der Waals surface area contributed by atoms with Crippen molar-refractivity contribution < 1.29 is 14.5 Å². The zero-order valence-corrected chi connectivity index (χ0v) is 10.3. The lowest BCUT2D eigenvalue weighted by Gasteiger charge is -2.10. The molecule has 6 nitrogen and oxygen atoms in total. The van der Waals surface area contributed by atoms with Crippen molar-refractivity contribution in [3.8, 4) is 0 Å². The lowest BCUT2D eigenvalue weighted by molar-refractivity contribution is -0.384. The fourth-order valence-corrected chi connectivity index (χ4v) is 1.37. The van der Waals surface area contributed by atoms with Crippen LogP contribution in [0.3, 0.4) is 0 Å². The van der Waals surface area contributed by atoms with Crippen molar-refractivity contribution in [3.05, 3.63) is 38.9 Å². The van der Waals surface area contributed by atoms with Gasteiger partial charge >= 0.3 is 5.97 Å². The van der Waals surface area contributed by atoms with Crippen LogP contribution in [-0.4, -0.2) is 18.0 Å². The Hall–Kier alpha value is -1.37. The first-order chi connectivity index (χ1) is 7.47. The molecule has 0 saturated carbocycles. The lowest BCUT2D eigenvalue weighted by Crippen LogP contribution is -2.23. The fourth-order valence-electron chi connectivity index (χ4n) is 1.14. The molecular weight excluding hydrogens is 271 g/mol. The predicted octanol–water partition coefficient (Wildman–Crippen LogP) is 1.84. The number of nitrogens with two attached hydrogens (primary N) is 1. The number of carbonyl (C=O) groups excluding carboxylic acids is 1. The third-order valence-electron chi connectivity index (χ3n) is 1.98. The van der Waals surface area contributed by atoms with Crippen molar-refractivity contribution in [2.75, 3.05) is 7.11 Å². The second-order valence-corrected chi connectivity index (χ2v) is 3.37. The number of methoxy groups -OCH3 is 1. The first kappa shape index (κ1) is 15.6. The number of carbonyl (C=O) groups is 1. The zero-order chi connectivity index (χ0) is 12.3. The first-order valence-electron chi connectivity index (χ1n) is 4.24. The maximum Gasteiger partial charge on any atom is 0.327 e. The summed E-state index contributed by atoms with van der Waals surface area (Å²) < 4.78 is 4.43. The fraction of sp³-hybridized carbons (Fsp3) is 0.222. The van der Waals surface area contributed by atoms with Crippen molar-refractivity contribution >= 4 is 35.7 Å². The minimum absolute atomic E-state index is 0. The summed E-state index contributed by atoms with van der Waals surface area (Å²) in [5.74, 6) is -0.706. The van der Waals surface area contributed by atoms with Gasteiger partial charge < -0.3 is 10.5 Å². The molecular formula is C9H10Cl2N2O4. The Labute approximate surface area is 108 Å². The highest BCUT2D eigenvalue weighted by Crippen LogP contribution is 2.26. The van der Waals surface area contributed by atoms with E-state index in [1.54, 1.807) is 0 Å². The van der Waals surface area contributed by atoms with E-state index in [0.29, 0.717) is 0 Å². The van der Waals surface area contributed by atoms with Crippen molar-refractivity contribution in [1.29, 1.82) is 0 Å². The van der Waals surface area contributed by atoms with Crippen LogP contribution in [-0.2, 0) is 9.53 Å². The molecule has 0 amide bonds. The summed E-state index contributed by atoms with van der Waals surface area (Å²) in [4.78, 5) is 21.1. The minimum atomic E-state index is -1.13. The minimum Gasteiger partial charge on any atom is -0.468 e. The summed E-state index contributed by atoms with van der Waals surface area (Å²) in [7, 11) is 1.17. The second kappa shape index (κ2) is 6.39. The summed E-state index contributed by atoms with van der Waals surface area (Å²) in [6.45, 7) is 0. The Bertz CT molecular complexity index is 439. The highest BCUT2D eigenvalue weighted by molar-refractivity contribution is 6.31. The topological polar surface area (TPSA) is 95.5 Å². The molecule has 0 saturated heterocycles. The highest BCUT2D eigenvalue weighted by atomic mass is 35.5. The van der Waals surface area contributed by atoms with Crippen molar-refractivity contribution in [2.24, 2.45) is 5.73 Å². The molecule has 17 heavy (non-hydrogen) atoms. The van der Waals surface area contributed by atoms with Crippen LogP contribution < -0.4 is 5.73 Å². The third kappa shape index (κ3) is 3.55. The number of nitrogens with zero attached hydrogens (tertiary/aromatic N) is 1. The number of hydrogen-bond donors (Lipinski definition) is 1. The number of benzene rings is 1. The Morgan fingerprint density at radius 1 is 1.59 bits per heavy atom. The van der Waals surface area contributed by atoms with Crippen LogP contribution in [0.2, 0.25) is 5.02 Å². The molecule has 8 heteroatoms. The average Bonchev–Trinajstić information content (AvgIpc) is 2.27. The predicted molar refractivity (Wildman–Crippen MR) is 64.3 cm³/mol. The van der Waals surface area contributed by atoms with Crippen molar-refractivity contribution in [2.45, 2.75) is 6.04 Å². The van der Waals surface area contributed by atoms with Crippen LogP contribution in [0.15, 0.2) is 18.2 Å². The average molecular weight is 281 g/mol. The number of hydrogen-bond acceptors (Lipinski definition) is 5. The third-order valence-corrected chi connectivity index (χ3v) is 2.32. The maximum atomic E-state index is 11.2. The van der Waals surface area contributed by atoms with Crippen molar-refractivity contribution in [3.63, 3.8) is 0 Å². The number of esters is 1. The molecule has 0 aromatic heterocycles. The van der Waals surface area contributed by atoms with E-state index in [1.807, 2.05) is 0 Å². The van der Waals surface area contributed by atoms with Gasteiger partial charge in [0.2, 0.25) is 0 Å². The summed E-state index contributed by atoms with van der Waals surface area (Å²) >= 11 is 5.79. The van der Waals surface area contributed by atoms with Gasteiger partial charge in [-0.3, -0.25) is 14.9 Å². The van der Waals surface area contributed by atoms with E-state index in [-0.39, 0.29) is 28.7 Å². The summed E-state index contributed by atoms with van der Waals surface area (Å²) in [6, 6.07) is 2.58. The van der Waals surface area contributed by atoms with Gasteiger partial charge in [0.05, 0.1) is 12.0 Å². The van der Waals surface area contributed by atoms with Gasteiger partial charge in [0.15, 0.2) is 0 Å². The molecule has 0 bridgehead atoms. The van der Waals surface area contributed by atoms with Gasteiger partial charge in [-0.15, -0.1) is 12.4 Å². The Kier molecular flexibility index (Phi) is 5.87. The molecule has 0 radical (unpaired) electrons. The Balaban J connectivity index is 0.00000256. The first-order valence-corrected chi connectivity index (χ1v) is 4.62. The smallest absolute Gasteiger partial charge is 0.327 e. The van der Waals surface area contributed by atoms with Gasteiger partial charge in [-0.05, 0) is 6.07 Å². The molecule has 1 atom stereocenters. The zero-order valence-electron chi connectivity index (χ0n) is 8.75. The van der Waals surface area contributed by atoms with E-state index >= 15 is 0 Å². The monoisotopic (exact) mass is 280 g/mol. The number of halogens is 2. The molecule has 1 aromatic carbocycles. The molecule has 94 valence electrons. The summed E-state index contributed by atoms with van der Waals surface area (Å²) in [6.07, 6.45) is 0. The summed E-state index contributed by atoms with van der Waals surface area (Å²) in [5.41, 5.74) is 5.52. The maximum absolute atomic E-state index is 11.2. The summed E-state index contributed by atoms with van der Waals surface area (Å²) in [5, 5.41) is 10.7. The number of non-ortho nitro benzene ring substituents is 1. The molecule has 0 aliphatic carbocycles. The molecule has 0 aliphatic heterocycles. The van der Waals surface area contributed by atoms with E-state index in [2.05, 4.69) is 4.74 Å². The van der Waals surface area contributed by atoms with Crippen LogP contribution in [0.5, 0.6) is 0 Å². The van der Waals surface area contributed by atoms with Gasteiger partial charge in [0.25, 0.3) is 5.69 Å². The molecule has 0 unspecified atom stereocenters. The Morgan fingerprint density at radius 3 is 2.65 bits per heavy atom. The van der Waals surface area contributed by atoms with E-state index < -0.39 is 16.9 Å². The van der Waals surface area contributed by atoms with Crippen LogP contribution >= 0.6 is 24.0 Å². The van der Waals surface area contributed by atoms with Crippen LogP contribution in [0.4, 0.5) is 5.69 Å². The van der Waals surface area contributed by atoms with Gasteiger partial charge in [-0.1, -0.05) is 11.6 Å². The highest BCUT2D eigenvalue weighted by Gasteiger charge is 2.21. The van der Waals surface area contributed by atoms with E-state index in [0.717, 1.165) is 6.07 Å².